The van der Waals surface area contributed by atoms with Crippen LogP contribution in [0.3, 0.4) is 0 Å². The first-order valence-corrected chi connectivity index (χ1v) is 7.25. The van der Waals surface area contributed by atoms with Gasteiger partial charge in [-0.3, -0.25) is 9.47 Å². The van der Waals surface area contributed by atoms with Crippen molar-refractivity contribution in [1.29, 1.82) is 0 Å². The number of benzene rings is 1. The van der Waals surface area contributed by atoms with E-state index in [-0.39, 0.29) is 5.43 Å². The van der Waals surface area contributed by atoms with Gasteiger partial charge in [-0.05, 0) is 12.0 Å². The van der Waals surface area contributed by atoms with Crippen molar-refractivity contribution in [2.75, 3.05) is 32.8 Å². The van der Waals surface area contributed by atoms with E-state index in [9.17, 15) is 4.79 Å². The van der Waals surface area contributed by atoms with Crippen LogP contribution in [0.15, 0.2) is 59.7 Å². The highest BCUT2D eigenvalue weighted by Gasteiger charge is 2.09. The number of allylic oxidation sites excluding steroid dienone is 1. The number of nitrogens with zero attached hydrogens (tertiary/aromatic N) is 2. The van der Waals surface area contributed by atoms with Crippen LogP contribution in [0.1, 0.15) is 5.56 Å². The molecule has 0 saturated carbocycles. The van der Waals surface area contributed by atoms with Crippen molar-refractivity contribution < 1.29 is 4.74 Å². The molecule has 0 spiro atoms. The number of ether oxygens (including phenoxy) is 1. The van der Waals surface area contributed by atoms with Crippen molar-refractivity contribution in [3.8, 4) is 11.1 Å². The number of methoxy groups -OCH3 is 1. The molecule has 0 aliphatic carbocycles. The Labute approximate surface area is 131 Å². The van der Waals surface area contributed by atoms with Gasteiger partial charge in [-0.15, -0.1) is 0 Å². The first-order chi connectivity index (χ1) is 10.6. The number of hydrogen-bond acceptors (Lipinski definition) is 3. The van der Waals surface area contributed by atoms with Crippen LogP contribution < -0.4 is 10.4 Å². The van der Waals surface area contributed by atoms with Crippen molar-refractivity contribution in [3.05, 3.63) is 70.7 Å². The second kappa shape index (κ2) is 7.61. The molecule has 1 aromatic heterocycles. The average Bonchev–Trinajstić information content (AvgIpc) is 2.53. The minimum Gasteiger partial charge on any atom is -0.381 e. The molecule has 0 aliphatic heterocycles. The van der Waals surface area contributed by atoms with Gasteiger partial charge in [-0.2, -0.15) is 0 Å². The third-order valence-corrected chi connectivity index (χ3v) is 3.40. The molecule has 1 heterocycles. The summed E-state index contributed by atoms with van der Waals surface area (Å²) in [5.41, 5.74) is 2.49. The van der Waals surface area contributed by atoms with Crippen LogP contribution in [0.4, 0.5) is 0 Å². The highest BCUT2D eigenvalue weighted by atomic mass is 16.5. The van der Waals surface area contributed by atoms with Gasteiger partial charge in [0.05, 0.1) is 6.61 Å². The fraction of sp³-hybridized carbons (Fsp3) is 0.278. The van der Waals surface area contributed by atoms with Crippen molar-refractivity contribution in [2.45, 2.75) is 6.42 Å². The minimum absolute atomic E-state index is 0.0753. The molecule has 0 N–H and O–H groups in total. The predicted octanol–water partition coefficient (Wildman–Crippen LogP) is 2.46. The smallest absolute Gasteiger partial charge is 0.193 e. The zero-order valence-electron chi connectivity index (χ0n) is 13.3. The van der Waals surface area contributed by atoms with Gasteiger partial charge >= 0.3 is 0 Å². The van der Waals surface area contributed by atoms with Crippen LogP contribution in [0, 0.1) is 0 Å². The van der Waals surface area contributed by atoms with Crippen molar-refractivity contribution in [2.24, 2.45) is 0 Å². The molecule has 22 heavy (non-hydrogen) atoms. The third kappa shape index (κ3) is 3.86. The normalized spacial score (nSPS) is 11.0. The van der Waals surface area contributed by atoms with Gasteiger partial charge in [-0.25, -0.2) is 0 Å². The maximum Gasteiger partial charge on any atom is 0.193 e. The first kappa shape index (κ1) is 16.0. The zero-order chi connectivity index (χ0) is 15.9. The lowest BCUT2D eigenvalue weighted by Crippen LogP contribution is -2.28. The van der Waals surface area contributed by atoms with E-state index in [2.05, 4.69) is 0 Å². The molecule has 4 heteroatoms. The molecule has 116 valence electrons. The van der Waals surface area contributed by atoms with Crippen LogP contribution in [0.2, 0.25) is 0 Å². The van der Waals surface area contributed by atoms with Gasteiger partial charge in [0.15, 0.2) is 5.43 Å². The quantitative estimate of drug-likeness (QED) is 0.768. The number of pyridine rings is 1. The monoisotopic (exact) mass is 298 g/mol. The molecular formula is C18H22N2O2. The summed E-state index contributed by atoms with van der Waals surface area (Å²) in [6, 6.07) is 9.76. The fourth-order valence-electron chi connectivity index (χ4n) is 2.19. The SMILES string of the molecule is COCC=CCc1cn(N(C)C)cc(-c2ccccc2)c1=O. The molecule has 0 radical (unpaired) electrons. The van der Waals surface area contributed by atoms with Gasteiger partial charge in [0.25, 0.3) is 0 Å². The molecule has 2 aromatic rings. The van der Waals surface area contributed by atoms with E-state index in [4.69, 9.17) is 4.74 Å². The Morgan fingerprint density at radius 1 is 1.14 bits per heavy atom. The van der Waals surface area contributed by atoms with E-state index in [0.717, 1.165) is 11.1 Å². The summed E-state index contributed by atoms with van der Waals surface area (Å²) in [4.78, 5) is 12.7. The van der Waals surface area contributed by atoms with Crippen LogP contribution in [-0.2, 0) is 11.2 Å². The average molecular weight is 298 g/mol. The molecule has 1 aromatic carbocycles. The van der Waals surface area contributed by atoms with E-state index in [1.165, 1.54) is 0 Å². The molecule has 0 amide bonds. The maximum absolute atomic E-state index is 12.7. The van der Waals surface area contributed by atoms with Crippen LogP contribution in [-0.4, -0.2) is 32.5 Å². The number of hydrogen-bond donors (Lipinski definition) is 0. The zero-order valence-corrected chi connectivity index (χ0v) is 13.3. The summed E-state index contributed by atoms with van der Waals surface area (Å²) in [5, 5.41) is 1.94. The lowest BCUT2D eigenvalue weighted by atomic mass is 10.0. The Balaban J connectivity index is 2.45. The van der Waals surface area contributed by atoms with E-state index in [1.54, 1.807) is 7.11 Å². The fourth-order valence-corrected chi connectivity index (χ4v) is 2.19. The summed E-state index contributed by atoms with van der Waals surface area (Å²) in [5.74, 6) is 0. The van der Waals surface area contributed by atoms with E-state index in [0.29, 0.717) is 18.6 Å². The van der Waals surface area contributed by atoms with Crippen LogP contribution >= 0.6 is 0 Å². The molecule has 4 nitrogen and oxygen atoms in total. The molecule has 0 unspecified atom stereocenters. The summed E-state index contributed by atoms with van der Waals surface area (Å²) >= 11 is 0. The molecule has 0 fully saturated rings. The Hall–Kier alpha value is -2.33. The molecule has 0 aliphatic rings. The van der Waals surface area contributed by atoms with E-state index in [1.807, 2.05) is 78.7 Å². The van der Waals surface area contributed by atoms with Crippen molar-refractivity contribution in [1.82, 2.24) is 4.68 Å². The summed E-state index contributed by atoms with van der Waals surface area (Å²) in [6.45, 7) is 0.556. The van der Waals surface area contributed by atoms with Crippen molar-refractivity contribution >= 4 is 0 Å². The second-order valence-electron chi connectivity index (χ2n) is 5.25. The van der Waals surface area contributed by atoms with Gasteiger partial charge in [-0.1, -0.05) is 42.5 Å². The lowest BCUT2D eigenvalue weighted by molar-refractivity contribution is 0.233. The minimum atomic E-state index is 0.0753. The molecular weight excluding hydrogens is 276 g/mol. The summed E-state index contributed by atoms with van der Waals surface area (Å²) in [6.07, 6.45) is 8.24. The molecule has 0 atom stereocenters. The predicted molar refractivity (Wildman–Crippen MR) is 90.9 cm³/mol. The van der Waals surface area contributed by atoms with Gasteiger partial charge in [0, 0.05) is 44.7 Å². The van der Waals surface area contributed by atoms with Gasteiger partial charge < -0.3 is 9.75 Å². The van der Waals surface area contributed by atoms with Crippen LogP contribution in [0.25, 0.3) is 11.1 Å². The summed E-state index contributed by atoms with van der Waals surface area (Å²) in [7, 11) is 5.55. The lowest BCUT2D eigenvalue weighted by Gasteiger charge is -2.19. The van der Waals surface area contributed by atoms with Gasteiger partial charge in [0.1, 0.15) is 0 Å². The van der Waals surface area contributed by atoms with Crippen LogP contribution in [0.5, 0.6) is 0 Å². The van der Waals surface area contributed by atoms with E-state index < -0.39 is 0 Å². The highest BCUT2D eigenvalue weighted by molar-refractivity contribution is 5.63. The molecule has 0 bridgehead atoms. The van der Waals surface area contributed by atoms with E-state index >= 15 is 0 Å². The third-order valence-electron chi connectivity index (χ3n) is 3.40. The number of aromatic nitrogens is 1. The summed E-state index contributed by atoms with van der Waals surface area (Å²) < 4.78 is 6.92. The Bertz CT molecular complexity index is 688. The maximum atomic E-state index is 12.7. The standard InChI is InChI=1S/C18H22N2O2/c1-19(2)20-13-16(11-7-8-12-22-3)18(21)17(14-20)15-9-5-4-6-10-15/h4-10,13-14H,11-12H2,1-3H3. The molecule has 2 rings (SSSR count). The Morgan fingerprint density at radius 3 is 2.50 bits per heavy atom. The Morgan fingerprint density at radius 2 is 1.86 bits per heavy atom. The van der Waals surface area contributed by atoms with Crippen molar-refractivity contribution in [3.63, 3.8) is 0 Å². The first-order valence-electron chi connectivity index (χ1n) is 7.25. The largest absolute Gasteiger partial charge is 0.381 e. The topological polar surface area (TPSA) is 34.5 Å². The highest BCUT2D eigenvalue weighted by Crippen LogP contribution is 2.15. The van der Waals surface area contributed by atoms with Gasteiger partial charge in [0.2, 0.25) is 0 Å². The number of rotatable bonds is 6. The molecule has 0 saturated heterocycles. The Kier molecular flexibility index (Phi) is 5.55. The second-order valence-corrected chi connectivity index (χ2v) is 5.25.